The monoisotopic (exact) mass is 664 g/mol. The molecule has 0 spiro atoms. The van der Waals surface area contributed by atoms with E-state index in [0.29, 0.717) is 12.0 Å². The largest absolute Gasteiger partial charge is 0.352 e. The van der Waals surface area contributed by atoms with Crippen LogP contribution in [0.1, 0.15) is 108 Å². The molecular weight excluding hydrogens is 611 g/mol. The van der Waals surface area contributed by atoms with Crippen LogP contribution in [0.3, 0.4) is 0 Å². The summed E-state index contributed by atoms with van der Waals surface area (Å²) >= 11 is 0. The Kier molecular flexibility index (Phi) is 13.1. The maximum Gasteiger partial charge on any atom is 0.253 e. The zero-order valence-corrected chi connectivity index (χ0v) is 30.1. The van der Waals surface area contributed by atoms with Crippen LogP contribution in [-0.2, 0) is 10.2 Å². The number of allylic oxidation sites excluding steroid dienone is 1. The van der Waals surface area contributed by atoms with Crippen molar-refractivity contribution in [3.05, 3.63) is 120 Å². The van der Waals surface area contributed by atoms with E-state index < -0.39 is 11.1 Å². The number of rotatable bonds is 11. The second-order valence-electron chi connectivity index (χ2n) is 12.9. The van der Waals surface area contributed by atoms with Crippen molar-refractivity contribution < 1.29 is 14.0 Å². The van der Waals surface area contributed by atoms with Gasteiger partial charge in [0.1, 0.15) is 16.9 Å². The Morgan fingerprint density at radius 2 is 1.55 bits per heavy atom. The van der Waals surface area contributed by atoms with Gasteiger partial charge in [-0.05, 0) is 98.9 Å². The van der Waals surface area contributed by atoms with Gasteiger partial charge < -0.3 is 15.2 Å². The summed E-state index contributed by atoms with van der Waals surface area (Å²) in [5.74, 6) is 0.553. The summed E-state index contributed by atoms with van der Waals surface area (Å²) in [6.45, 7) is 10.9. The third-order valence-corrected chi connectivity index (χ3v) is 9.10. The van der Waals surface area contributed by atoms with Crippen molar-refractivity contribution in [1.82, 2.24) is 20.2 Å². The minimum absolute atomic E-state index is 0.0304. The van der Waals surface area contributed by atoms with E-state index in [1.54, 1.807) is 6.20 Å². The van der Waals surface area contributed by atoms with E-state index in [0.717, 1.165) is 66.6 Å². The minimum Gasteiger partial charge on any atom is -0.352 e. The Bertz CT molecular complexity index is 1640. The molecule has 2 N–H and O–H groups in total. The van der Waals surface area contributed by atoms with E-state index in [1.165, 1.54) is 19.4 Å². The fraction of sp³-hybridized carbons (Fsp3) is 0.405. The molecule has 4 aromatic rings. The number of benzene rings is 2. The molecule has 0 saturated heterocycles. The molecule has 49 heavy (non-hydrogen) atoms. The first-order chi connectivity index (χ1) is 23.7. The number of pyridine rings is 1. The number of carbonyl (C=O) groups excluding carboxylic acids is 2. The molecule has 2 aromatic heterocycles. The Balaban J connectivity index is 0.00000130. The summed E-state index contributed by atoms with van der Waals surface area (Å²) in [5, 5.41) is 6.13. The number of hydrogen-bond donors (Lipinski definition) is 2. The van der Waals surface area contributed by atoms with E-state index in [-0.39, 0.29) is 24.4 Å². The number of hydrogen-bond acceptors (Lipinski definition) is 3. The van der Waals surface area contributed by atoms with Crippen LogP contribution < -0.4 is 10.6 Å². The average molecular weight is 665 g/mol. The van der Waals surface area contributed by atoms with Crippen LogP contribution in [0, 0.1) is 0 Å². The van der Waals surface area contributed by atoms with Gasteiger partial charge in [0.25, 0.3) is 5.91 Å². The number of alkyl halides is 1. The lowest BCUT2D eigenvalue weighted by atomic mass is 9.73. The van der Waals surface area contributed by atoms with E-state index in [1.807, 2.05) is 93.2 Å². The summed E-state index contributed by atoms with van der Waals surface area (Å²) < 4.78 is 16.4. The quantitative estimate of drug-likeness (QED) is 0.124. The zero-order valence-electron chi connectivity index (χ0n) is 30.1. The molecule has 1 fully saturated rings. The Hall–Kier alpha value is -4.52. The van der Waals surface area contributed by atoms with Gasteiger partial charge in [-0.25, -0.2) is 9.37 Å². The summed E-state index contributed by atoms with van der Waals surface area (Å²) in [6, 6.07) is 23.9. The third kappa shape index (κ3) is 8.75. The van der Waals surface area contributed by atoms with Gasteiger partial charge in [0.2, 0.25) is 5.91 Å². The average Bonchev–Trinajstić information content (AvgIpc) is 3.89. The number of aromatic nitrogens is 2. The number of nitrogens with zero attached hydrogens (tertiary/aromatic N) is 2. The summed E-state index contributed by atoms with van der Waals surface area (Å²) in [7, 11) is 0. The van der Waals surface area contributed by atoms with E-state index in [2.05, 4.69) is 46.0 Å². The summed E-state index contributed by atoms with van der Waals surface area (Å²) in [4.78, 5) is 31.3. The number of fused-ring (bicyclic) bond motifs is 3. The maximum atomic E-state index is 14.5. The standard InChI is InChI=1S/C38H41FN4O2.2C2H6/c1-37(2,39)26-41-36(45)38(32-15-7-5-13-30(32)31-14-6-8-16-33(31)38)21-9-3-4-12-27-17-19-29(24-27)42-35(44)28-18-20-34(40-25-28)43-22-10-11-23-43;2*1-2/h5-8,10-16,18,20,22-23,25,29H,3-4,9,17,19,21,24,26H2,1-2H3,(H,41,45)(H,42,44);2*1-2H3/b27-12-;;. The van der Waals surface area contributed by atoms with Crippen LogP contribution in [0.2, 0.25) is 0 Å². The molecule has 2 aromatic carbocycles. The van der Waals surface area contributed by atoms with Crippen molar-refractivity contribution in [2.45, 2.75) is 104 Å². The predicted octanol–water partition coefficient (Wildman–Crippen LogP) is 9.52. The smallest absolute Gasteiger partial charge is 0.253 e. The van der Waals surface area contributed by atoms with Gasteiger partial charge in [0.15, 0.2) is 0 Å². The van der Waals surface area contributed by atoms with Crippen molar-refractivity contribution in [3.63, 3.8) is 0 Å². The number of halogens is 1. The van der Waals surface area contributed by atoms with Crippen LogP contribution >= 0.6 is 0 Å². The van der Waals surface area contributed by atoms with Crippen molar-refractivity contribution in [2.24, 2.45) is 0 Å². The summed E-state index contributed by atoms with van der Waals surface area (Å²) in [5.41, 5.74) is 3.76. The van der Waals surface area contributed by atoms with Gasteiger partial charge >= 0.3 is 0 Å². The molecule has 2 aliphatic rings. The van der Waals surface area contributed by atoms with E-state index in [4.69, 9.17) is 0 Å². The van der Waals surface area contributed by atoms with Crippen LogP contribution in [0.4, 0.5) is 4.39 Å². The Morgan fingerprint density at radius 3 is 2.14 bits per heavy atom. The molecular formula is C42H53FN4O2. The molecule has 0 bridgehead atoms. The second kappa shape index (κ2) is 17.2. The lowest BCUT2D eigenvalue weighted by Gasteiger charge is -2.32. The molecule has 0 aliphatic heterocycles. The van der Waals surface area contributed by atoms with Crippen LogP contribution in [-0.4, -0.2) is 39.6 Å². The number of unbranched alkanes of at least 4 members (excludes halogenated alkanes) is 2. The molecule has 6 nitrogen and oxygen atoms in total. The van der Waals surface area contributed by atoms with Gasteiger partial charge in [-0.2, -0.15) is 0 Å². The fourth-order valence-corrected chi connectivity index (χ4v) is 6.85. The molecule has 2 aliphatic carbocycles. The SMILES string of the molecule is CC.CC.CC(C)(F)CNC(=O)C1(CCCC/C=C2/CCC(NC(=O)c3ccc(-n4cccc4)nc3)C2)c2ccccc2-c2ccccc21. The van der Waals surface area contributed by atoms with Gasteiger partial charge in [-0.15, -0.1) is 0 Å². The fourth-order valence-electron chi connectivity index (χ4n) is 6.85. The van der Waals surface area contributed by atoms with Crippen molar-refractivity contribution in [3.8, 4) is 16.9 Å². The minimum atomic E-state index is -1.50. The first-order valence-electron chi connectivity index (χ1n) is 18.0. The first kappa shape index (κ1) is 37.3. The molecule has 2 heterocycles. The lowest BCUT2D eigenvalue weighted by molar-refractivity contribution is -0.126. The zero-order chi connectivity index (χ0) is 35.4. The maximum absolute atomic E-state index is 14.5. The molecule has 1 unspecified atom stereocenters. The molecule has 2 amide bonds. The van der Waals surface area contributed by atoms with Crippen molar-refractivity contribution in [1.29, 1.82) is 0 Å². The lowest BCUT2D eigenvalue weighted by Crippen LogP contribution is -2.47. The number of carbonyl (C=O) groups is 2. The van der Waals surface area contributed by atoms with Gasteiger partial charge in [0.05, 0.1) is 12.1 Å². The highest BCUT2D eigenvalue weighted by atomic mass is 19.1. The van der Waals surface area contributed by atoms with Crippen molar-refractivity contribution >= 4 is 11.8 Å². The highest BCUT2D eigenvalue weighted by Crippen LogP contribution is 2.51. The van der Waals surface area contributed by atoms with E-state index in [9.17, 15) is 14.0 Å². The summed E-state index contributed by atoms with van der Waals surface area (Å²) in [6.07, 6.45) is 13.9. The number of amides is 2. The normalized spacial score (nSPS) is 16.4. The molecule has 1 saturated carbocycles. The molecule has 6 rings (SSSR count). The molecule has 0 radical (unpaired) electrons. The van der Waals surface area contributed by atoms with Gasteiger partial charge in [-0.3, -0.25) is 9.59 Å². The van der Waals surface area contributed by atoms with Gasteiger partial charge in [-0.1, -0.05) is 94.3 Å². The number of nitrogens with one attached hydrogen (secondary N) is 2. The highest BCUT2D eigenvalue weighted by Gasteiger charge is 2.48. The predicted molar refractivity (Wildman–Crippen MR) is 199 cm³/mol. The molecule has 260 valence electrons. The third-order valence-electron chi connectivity index (χ3n) is 9.10. The van der Waals surface area contributed by atoms with Crippen molar-refractivity contribution in [2.75, 3.05) is 6.54 Å². The molecule has 1 atom stereocenters. The second-order valence-corrected chi connectivity index (χ2v) is 12.9. The van der Waals surface area contributed by atoms with Gasteiger partial charge in [0, 0.05) is 24.6 Å². The van der Waals surface area contributed by atoms with Crippen LogP contribution in [0.5, 0.6) is 0 Å². The van der Waals surface area contributed by atoms with E-state index >= 15 is 0 Å². The van der Waals surface area contributed by atoms with Crippen LogP contribution in [0.15, 0.2) is 103 Å². The Labute approximate surface area is 292 Å². The Morgan fingerprint density at radius 1 is 0.918 bits per heavy atom. The topological polar surface area (TPSA) is 76.0 Å². The first-order valence-corrected chi connectivity index (χ1v) is 18.0. The molecule has 7 heteroatoms. The highest BCUT2D eigenvalue weighted by molar-refractivity contribution is 6.00. The van der Waals surface area contributed by atoms with Crippen LogP contribution in [0.25, 0.3) is 16.9 Å².